The van der Waals surface area contributed by atoms with Crippen molar-refractivity contribution in [1.82, 2.24) is 4.90 Å². The molecule has 1 heterocycles. The second-order valence-electron chi connectivity index (χ2n) is 8.07. The third-order valence-electron chi connectivity index (χ3n) is 6.41. The number of hydrogen-bond acceptors (Lipinski definition) is 1. The van der Waals surface area contributed by atoms with Gasteiger partial charge in [0.05, 0.1) is 5.54 Å². The summed E-state index contributed by atoms with van der Waals surface area (Å²) in [6.45, 7) is 2.29. The number of benzene rings is 3. The SMILES string of the molecule is ICCCC1CCN(C(c2ccccc2)(c2ccccc2)c2ccccc2)CC1. The lowest BCUT2D eigenvalue weighted by Gasteiger charge is -2.48. The zero-order valence-electron chi connectivity index (χ0n) is 17.0. The Morgan fingerprint density at radius 1 is 0.690 bits per heavy atom. The van der Waals surface area contributed by atoms with Crippen LogP contribution in [0.3, 0.4) is 0 Å². The molecule has 3 aromatic carbocycles. The fourth-order valence-corrected chi connectivity index (χ4v) is 5.45. The summed E-state index contributed by atoms with van der Waals surface area (Å²) in [5.74, 6) is 0.876. The lowest BCUT2D eigenvalue weighted by molar-refractivity contribution is 0.0991. The van der Waals surface area contributed by atoms with Crippen LogP contribution >= 0.6 is 22.6 Å². The molecular formula is C27H30IN. The van der Waals surface area contributed by atoms with Crippen molar-refractivity contribution in [3.63, 3.8) is 0 Å². The van der Waals surface area contributed by atoms with Crippen LogP contribution in [0, 0.1) is 5.92 Å². The highest BCUT2D eigenvalue weighted by atomic mass is 127. The van der Waals surface area contributed by atoms with E-state index in [-0.39, 0.29) is 5.54 Å². The summed E-state index contributed by atoms with van der Waals surface area (Å²) in [6.07, 6.45) is 5.33. The minimum atomic E-state index is -0.238. The van der Waals surface area contributed by atoms with Crippen LogP contribution in [0.2, 0.25) is 0 Å². The van der Waals surface area contributed by atoms with E-state index >= 15 is 0 Å². The van der Waals surface area contributed by atoms with E-state index in [0.29, 0.717) is 0 Å². The van der Waals surface area contributed by atoms with E-state index in [1.165, 1.54) is 46.8 Å². The lowest BCUT2D eigenvalue weighted by atomic mass is 9.74. The van der Waals surface area contributed by atoms with Crippen molar-refractivity contribution in [1.29, 1.82) is 0 Å². The van der Waals surface area contributed by atoms with Gasteiger partial charge in [-0.05, 0) is 65.8 Å². The van der Waals surface area contributed by atoms with Crippen LogP contribution in [0.15, 0.2) is 91.0 Å². The number of nitrogens with zero attached hydrogens (tertiary/aromatic N) is 1. The molecule has 2 heteroatoms. The Bertz CT molecular complexity index is 758. The molecule has 1 aliphatic rings. The van der Waals surface area contributed by atoms with E-state index < -0.39 is 0 Å². The molecule has 150 valence electrons. The van der Waals surface area contributed by atoms with Crippen molar-refractivity contribution >= 4 is 22.6 Å². The maximum Gasteiger partial charge on any atom is 0.0972 e. The maximum absolute atomic E-state index is 2.74. The summed E-state index contributed by atoms with van der Waals surface area (Å²) in [7, 11) is 0. The summed E-state index contributed by atoms with van der Waals surface area (Å²) in [5, 5.41) is 0. The zero-order valence-corrected chi connectivity index (χ0v) is 19.2. The monoisotopic (exact) mass is 495 g/mol. The molecule has 0 bridgehead atoms. The van der Waals surface area contributed by atoms with Gasteiger partial charge in [0.15, 0.2) is 0 Å². The second-order valence-corrected chi connectivity index (χ2v) is 9.15. The van der Waals surface area contributed by atoms with E-state index in [4.69, 9.17) is 0 Å². The molecular weight excluding hydrogens is 465 g/mol. The van der Waals surface area contributed by atoms with Crippen molar-refractivity contribution in [2.24, 2.45) is 5.92 Å². The number of rotatable bonds is 7. The predicted molar refractivity (Wildman–Crippen MR) is 132 cm³/mol. The number of hydrogen-bond donors (Lipinski definition) is 0. The van der Waals surface area contributed by atoms with Gasteiger partial charge in [-0.15, -0.1) is 0 Å². The smallest absolute Gasteiger partial charge is 0.0972 e. The van der Waals surface area contributed by atoms with Gasteiger partial charge in [0, 0.05) is 0 Å². The van der Waals surface area contributed by atoms with Crippen molar-refractivity contribution in [2.45, 2.75) is 31.2 Å². The first kappa shape index (κ1) is 20.6. The number of halogens is 1. The Balaban J connectivity index is 1.81. The lowest BCUT2D eigenvalue weighted by Crippen LogP contribution is -2.51. The molecule has 0 radical (unpaired) electrons. The van der Waals surface area contributed by atoms with Crippen molar-refractivity contribution < 1.29 is 0 Å². The van der Waals surface area contributed by atoms with Crippen molar-refractivity contribution in [3.8, 4) is 0 Å². The summed E-state index contributed by atoms with van der Waals surface area (Å²) < 4.78 is 1.28. The highest BCUT2D eigenvalue weighted by molar-refractivity contribution is 14.1. The fraction of sp³-hybridized carbons (Fsp3) is 0.333. The van der Waals surface area contributed by atoms with Gasteiger partial charge < -0.3 is 0 Å². The van der Waals surface area contributed by atoms with E-state index in [1.54, 1.807) is 0 Å². The number of alkyl halides is 1. The molecule has 29 heavy (non-hydrogen) atoms. The third kappa shape index (κ3) is 4.29. The minimum Gasteiger partial charge on any atom is -0.286 e. The highest BCUT2D eigenvalue weighted by Gasteiger charge is 2.43. The van der Waals surface area contributed by atoms with Crippen LogP contribution in [-0.2, 0) is 5.54 Å². The average Bonchev–Trinajstić information content (AvgIpc) is 2.81. The van der Waals surface area contributed by atoms with Gasteiger partial charge in [-0.1, -0.05) is 114 Å². The van der Waals surface area contributed by atoms with Crippen LogP contribution in [-0.4, -0.2) is 22.4 Å². The van der Waals surface area contributed by atoms with E-state index in [2.05, 4.69) is 118 Å². The van der Waals surface area contributed by atoms with Crippen LogP contribution in [0.4, 0.5) is 0 Å². The molecule has 0 amide bonds. The summed E-state index contributed by atoms with van der Waals surface area (Å²) >= 11 is 2.51. The Morgan fingerprint density at radius 3 is 1.48 bits per heavy atom. The van der Waals surface area contributed by atoms with Gasteiger partial charge in [0.1, 0.15) is 0 Å². The van der Waals surface area contributed by atoms with Gasteiger partial charge in [0.25, 0.3) is 0 Å². The van der Waals surface area contributed by atoms with Crippen molar-refractivity contribution in [3.05, 3.63) is 108 Å². The van der Waals surface area contributed by atoms with Gasteiger partial charge in [-0.3, -0.25) is 4.90 Å². The highest BCUT2D eigenvalue weighted by Crippen LogP contribution is 2.44. The third-order valence-corrected chi connectivity index (χ3v) is 7.17. The quantitative estimate of drug-likeness (QED) is 0.196. The number of likely N-dealkylation sites (tertiary alicyclic amines) is 1. The standard InChI is InChI=1S/C27H30IN/c28-20-10-11-23-18-21-29(22-19-23)27(24-12-4-1-5-13-24,25-14-6-2-7-15-25)26-16-8-3-9-17-26/h1-9,12-17,23H,10-11,18-22H2. The molecule has 1 fully saturated rings. The summed E-state index contributed by atoms with van der Waals surface area (Å²) in [4.78, 5) is 2.74. The van der Waals surface area contributed by atoms with E-state index in [1.807, 2.05) is 0 Å². The van der Waals surface area contributed by atoms with E-state index in [9.17, 15) is 0 Å². The minimum absolute atomic E-state index is 0.238. The molecule has 0 aliphatic carbocycles. The molecule has 0 aromatic heterocycles. The summed E-state index contributed by atoms with van der Waals surface area (Å²) in [5.41, 5.74) is 3.85. The zero-order chi connectivity index (χ0) is 19.9. The largest absolute Gasteiger partial charge is 0.286 e. The molecule has 0 atom stereocenters. The molecule has 0 unspecified atom stereocenters. The van der Waals surface area contributed by atoms with Gasteiger partial charge >= 0.3 is 0 Å². The Labute approximate surface area is 189 Å². The molecule has 1 nitrogen and oxygen atoms in total. The Morgan fingerprint density at radius 2 is 1.10 bits per heavy atom. The Kier molecular flexibility index (Phi) is 7.04. The molecule has 3 aromatic rings. The first-order valence-electron chi connectivity index (χ1n) is 10.8. The molecule has 1 aliphatic heterocycles. The maximum atomic E-state index is 2.74. The van der Waals surface area contributed by atoms with Crippen LogP contribution in [0.25, 0.3) is 0 Å². The molecule has 0 saturated carbocycles. The fourth-order valence-electron chi connectivity index (χ4n) is 5.01. The van der Waals surface area contributed by atoms with E-state index in [0.717, 1.165) is 19.0 Å². The molecule has 4 rings (SSSR count). The topological polar surface area (TPSA) is 3.24 Å². The first-order valence-corrected chi connectivity index (χ1v) is 12.4. The molecule has 0 spiro atoms. The van der Waals surface area contributed by atoms with Gasteiger partial charge in [-0.2, -0.15) is 0 Å². The first-order chi connectivity index (χ1) is 14.4. The Hall–Kier alpha value is -1.65. The molecule has 0 N–H and O–H groups in total. The average molecular weight is 495 g/mol. The van der Waals surface area contributed by atoms with Gasteiger partial charge in [0.2, 0.25) is 0 Å². The van der Waals surface area contributed by atoms with Gasteiger partial charge in [-0.25, -0.2) is 0 Å². The van der Waals surface area contributed by atoms with Crippen LogP contribution in [0.5, 0.6) is 0 Å². The van der Waals surface area contributed by atoms with Crippen LogP contribution in [0.1, 0.15) is 42.4 Å². The summed E-state index contributed by atoms with van der Waals surface area (Å²) in [6, 6.07) is 33.3. The predicted octanol–water partition coefficient (Wildman–Crippen LogP) is 6.91. The number of piperidine rings is 1. The molecule has 1 saturated heterocycles. The second kappa shape index (κ2) is 9.90. The van der Waals surface area contributed by atoms with Crippen molar-refractivity contribution in [2.75, 3.05) is 17.5 Å². The van der Waals surface area contributed by atoms with Crippen LogP contribution < -0.4 is 0 Å². The normalized spacial score (nSPS) is 16.0.